The van der Waals surface area contributed by atoms with Gasteiger partial charge in [0.1, 0.15) is 12.1 Å². The van der Waals surface area contributed by atoms with Crippen molar-refractivity contribution in [2.75, 3.05) is 0 Å². The van der Waals surface area contributed by atoms with Crippen LogP contribution >= 0.6 is 11.6 Å². The first kappa shape index (κ1) is 10.6. The fourth-order valence-electron chi connectivity index (χ4n) is 1.07. The number of pyridine rings is 1. The van der Waals surface area contributed by atoms with Crippen LogP contribution in [-0.2, 0) is 11.2 Å². The molecule has 2 aromatic heterocycles. The largest absolute Gasteiger partial charge is 0.481 e. The monoisotopic (exact) mass is 239 g/mol. The van der Waals surface area contributed by atoms with Crippen molar-refractivity contribution in [1.29, 1.82) is 0 Å². The smallest absolute Gasteiger partial charge is 0.312 e. The van der Waals surface area contributed by atoms with Gasteiger partial charge in [0.05, 0.1) is 5.02 Å². The molecule has 6 nitrogen and oxygen atoms in total. The number of rotatable bonds is 3. The third-order valence-electron chi connectivity index (χ3n) is 1.73. The zero-order valence-corrected chi connectivity index (χ0v) is 8.68. The molecule has 82 valence electrons. The standard InChI is InChI=1S/C9H6ClN3O3/c10-5-1-2-6(11-4-5)9-12-7(16-13-9)3-8(14)15/h1-2,4H,3H2,(H,14,15). The van der Waals surface area contributed by atoms with Gasteiger partial charge in [0.2, 0.25) is 11.7 Å². The Bertz CT molecular complexity index is 509. The third kappa shape index (κ3) is 2.34. The minimum absolute atomic E-state index is 0.0410. The fourth-order valence-corrected chi connectivity index (χ4v) is 1.18. The number of hydrogen-bond acceptors (Lipinski definition) is 5. The van der Waals surface area contributed by atoms with Gasteiger partial charge in [-0.15, -0.1) is 0 Å². The molecule has 0 saturated heterocycles. The Morgan fingerprint density at radius 1 is 1.50 bits per heavy atom. The Morgan fingerprint density at radius 2 is 2.31 bits per heavy atom. The van der Waals surface area contributed by atoms with E-state index in [1.165, 1.54) is 6.20 Å². The van der Waals surface area contributed by atoms with Crippen LogP contribution in [0.15, 0.2) is 22.9 Å². The van der Waals surface area contributed by atoms with Crippen molar-refractivity contribution in [3.8, 4) is 11.5 Å². The molecule has 0 aliphatic heterocycles. The normalized spacial score (nSPS) is 10.3. The average Bonchev–Trinajstić information content (AvgIpc) is 2.66. The molecular formula is C9H6ClN3O3. The molecule has 0 aromatic carbocycles. The van der Waals surface area contributed by atoms with E-state index in [-0.39, 0.29) is 18.1 Å². The maximum absolute atomic E-state index is 10.4. The van der Waals surface area contributed by atoms with Crippen LogP contribution in [0.3, 0.4) is 0 Å². The van der Waals surface area contributed by atoms with Gasteiger partial charge in [-0.3, -0.25) is 9.78 Å². The highest BCUT2D eigenvalue weighted by Gasteiger charge is 2.12. The van der Waals surface area contributed by atoms with E-state index in [2.05, 4.69) is 15.1 Å². The first-order valence-electron chi connectivity index (χ1n) is 4.31. The molecule has 0 bridgehead atoms. The first-order valence-corrected chi connectivity index (χ1v) is 4.69. The molecule has 2 rings (SSSR count). The van der Waals surface area contributed by atoms with Crippen LogP contribution in [0.2, 0.25) is 5.02 Å². The second-order valence-corrected chi connectivity index (χ2v) is 3.38. The van der Waals surface area contributed by atoms with E-state index in [1.54, 1.807) is 12.1 Å². The molecule has 0 fully saturated rings. The van der Waals surface area contributed by atoms with Crippen molar-refractivity contribution < 1.29 is 14.4 Å². The van der Waals surface area contributed by atoms with E-state index in [9.17, 15) is 4.79 Å². The molecule has 2 heterocycles. The van der Waals surface area contributed by atoms with Gasteiger partial charge in [0.25, 0.3) is 0 Å². The summed E-state index contributed by atoms with van der Waals surface area (Å²) in [7, 11) is 0. The molecular weight excluding hydrogens is 234 g/mol. The molecule has 0 unspecified atom stereocenters. The molecule has 0 saturated carbocycles. The molecule has 0 aliphatic rings. The van der Waals surface area contributed by atoms with Crippen molar-refractivity contribution in [3.05, 3.63) is 29.2 Å². The molecule has 0 spiro atoms. The highest BCUT2D eigenvalue weighted by Crippen LogP contribution is 2.15. The quantitative estimate of drug-likeness (QED) is 0.871. The highest BCUT2D eigenvalue weighted by atomic mass is 35.5. The second kappa shape index (κ2) is 4.28. The lowest BCUT2D eigenvalue weighted by Gasteiger charge is -1.92. The van der Waals surface area contributed by atoms with Crippen LogP contribution in [0.25, 0.3) is 11.5 Å². The second-order valence-electron chi connectivity index (χ2n) is 2.94. The SMILES string of the molecule is O=C(O)Cc1nc(-c2ccc(Cl)cn2)no1. The van der Waals surface area contributed by atoms with E-state index >= 15 is 0 Å². The van der Waals surface area contributed by atoms with Crippen LogP contribution in [0.5, 0.6) is 0 Å². The molecule has 1 N–H and O–H groups in total. The van der Waals surface area contributed by atoms with Gasteiger partial charge >= 0.3 is 5.97 Å². The van der Waals surface area contributed by atoms with Crippen molar-refractivity contribution in [2.24, 2.45) is 0 Å². The van der Waals surface area contributed by atoms with Crippen LogP contribution in [0, 0.1) is 0 Å². The lowest BCUT2D eigenvalue weighted by Crippen LogP contribution is -1.99. The van der Waals surface area contributed by atoms with Crippen LogP contribution in [0.1, 0.15) is 5.89 Å². The van der Waals surface area contributed by atoms with E-state index in [1.807, 2.05) is 0 Å². The maximum Gasteiger partial charge on any atom is 0.312 e. The number of carboxylic acids is 1. The van der Waals surface area contributed by atoms with Gasteiger partial charge in [0, 0.05) is 6.20 Å². The minimum Gasteiger partial charge on any atom is -0.481 e. The third-order valence-corrected chi connectivity index (χ3v) is 1.95. The number of aromatic nitrogens is 3. The maximum atomic E-state index is 10.4. The molecule has 16 heavy (non-hydrogen) atoms. The molecule has 0 radical (unpaired) electrons. The summed E-state index contributed by atoms with van der Waals surface area (Å²) in [5.41, 5.74) is 0.477. The summed E-state index contributed by atoms with van der Waals surface area (Å²) in [5.74, 6) is -0.744. The molecule has 0 aliphatic carbocycles. The van der Waals surface area contributed by atoms with Crippen LogP contribution in [-0.4, -0.2) is 26.2 Å². The van der Waals surface area contributed by atoms with Gasteiger partial charge < -0.3 is 9.63 Å². The lowest BCUT2D eigenvalue weighted by molar-refractivity contribution is -0.136. The number of nitrogens with zero attached hydrogens (tertiary/aromatic N) is 3. The predicted octanol–water partition coefficient (Wildman–Crippen LogP) is 1.41. The molecule has 2 aromatic rings. The first-order chi connectivity index (χ1) is 7.65. The highest BCUT2D eigenvalue weighted by molar-refractivity contribution is 6.30. The summed E-state index contributed by atoms with van der Waals surface area (Å²) >= 11 is 5.67. The topological polar surface area (TPSA) is 89.1 Å². The Balaban J connectivity index is 2.24. The molecule has 0 amide bonds. The van der Waals surface area contributed by atoms with E-state index < -0.39 is 5.97 Å². The summed E-state index contributed by atoms with van der Waals surface area (Å²) in [6.45, 7) is 0. The van der Waals surface area contributed by atoms with Crippen molar-refractivity contribution in [2.45, 2.75) is 6.42 Å². The molecule has 7 heteroatoms. The van der Waals surface area contributed by atoms with E-state index in [4.69, 9.17) is 21.2 Å². The minimum atomic E-state index is -1.03. The number of carboxylic acid groups (broad SMARTS) is 1. The number of halogens is 1. The van der Waals surface area contributed by atoms with E-state index in [0.29, 0.717) is 10.7 Å². The summed E-state index contributed by atoms with van der Waals surface area (Å²) in [4.78, 5) is 18.3. The Kier molecular flexibility index (Phi) is 2.82. The van der Waals surface area contributed by atoms with Gasteiger partial charge in [-0.2, -0.15) is 4.98 Å². The zero-order valence-electron chi connectivity index (χ0n) is 7.92. The Hall–Kier alpha value is -1.95. The summed E-state index contributed by atoms with van der Waals surface area (Å²) < 4.78 is 4.75. The Labute approximate surface area is 94.9 Å². The van der Waals surface area contributed by atoms with Gasteiger partial charge in [-0.05, 0) is 12.1 Å². The Morgan fingerprint density at radius 3 is 2.94 bits per heavy atom. The summed E-state index contributed by atoms with van der Waals surface area (Å²) in [6, 6.07) is 3.26. The van der Waals surface area contributed by atoms with Crippen molar-refractivity contribution in [3.63, 3.8) is 0 Å². The van der Waals surface area contributed by atoms with Crippen LogP contribution < -0.4 is 0 Å². The van der Waals surface area contributed by atoms with E-state index in [0.717, 1.165) is 0 Å². The van der Waals surface area contributed by atoms with Crippen LogP contribution in [0.4, 0.5) is 0 Å². The van der Waals surface area contributed by atoms with Crippen molar-refractivity contribution in [1.82, 2.24) is 15.1 Å². The molecule has 0 atom stereocenters. The summed E-state index contributed by atoms with van der Waals surface area (Å²) in [5, 5.41) is 12.6. The predicted molar refractivity (Wildman–Crippen MR) is 53.9 cm³/mol. The lowest BCUT2D eigenvalue weighted by atomic mass is 10.3. The van der Waals surface area contributed by atoms with Gasteiger partial charge in [0.15, 0.2) is 0 Å². The number of aliphatic carboxylic acids is 1. The van der Waals surface area contributed by atoms with Gasteiger partial charge in [-0.1, -0.05) is 16.8 Å². The van der Waals surface area contributed by atoms with Gasteiger partial charge in [-0.25, -0.2) is 0 Å². The fraction of sp³-hybridized carbons (Fsp3) is 0.111. The van der Waals surface area contributed by atoms with Crippen molar-refractivity contribution >= 4 is 17.6 Å². The summed E-state index contributed by atoms with van der Waals surface area (Å²) in [6.07, 6.45) is 1.14. The number of carbonyl (C=O) groups is 1. The average molecular weight is 240 g/mol. The number of hydrogen-bond donors (Lipinski definition) is 1. The zero-order chi connectivity index (χ0) is 11.5.